The summed E-state index contributed by atoms with van der Waals surface area (Å²) in [6.45, 7) is 3.76. The van der Waals surface area contributed by atoms with E-state index in [0.717, 1.165) is 6.92 Å². The zero-order chi connectivity index (χ0) is 26.6. The van der Waals surface area contributed by atoms with Crippen molar-refractivity contribution in [3.63, 3.8) is 0 Å². The minimum absolute atomic E-state index is 0.0803. The Hall–Kier alpha value is -4.73. The maximum Gasteiger partial charge on any atom is 0.315 e. The number of rotatable bonds is 7. The zero-order valence-electron chi connectivity index (χ0n) is 19.6. The van der Waals surface area contributed by atoms with Gasteiger partial charge >= 0.3 is 17.9 Å². The Bertz CT molecular complexity index is 1290. The number of benzene rings is 3. The topological polar surface area (TPSA) is 160 Å². The van der Waals surface area contributed by atoms with Crippen molar-refractivity contribution in [3.05, 3.63) is 48.5 Å². The zero-order valence-corrected chi connectivity index (χ0v) is 19.6. The van der Waals surface area contributed by atoms with Crippen LogP contribution in [0.15, 0.2) is 48.5 Å². The third kappa shape index (κ3) is 5.84. The Kier molecular flexibility index (Phi) is 7.68. The SMILES string of the molecule is CC(=O)Oc1c(O)c(-c2ccc(O)cc2)c(OC(=O)CC(C)OC(C)=O)c(O)c1-c1ccc(O)cc1. The standard InChI is InChI=1S/C26H24O10/c1-13(34-14(2)27)12-20(31)36-26-22(17-6-10-19(30)11-7-17)23(32)25(35-15(3)28)21(24(26)33)16-4-8-18(29)9-5-16/h4-11,13,29-30,32-33H,12H2,1-3H3. The van der Waals surface area contributed by atoms with Crippen LogP contribution in [0.1, 0.15) is 27.2 Å². The molecule has 3 rings (SSSR count). The number of phenols is 4. The van der Waals surface area contributed by atoms with Crippen molar-refractivity contribution in [1.82, 2.24) is 0 Å². The summed E-state index contributed by atoms with van der Waals surface area (Å²) in [5.41, 5.74) is 0.0580. The first-order chi connectivity index (χ1) is 17.0. The van der Waals surface area contributed by atoms with Gasteiger partial charge in [-0.2, -0.15) is 0 Å². The summed E-state index contributed by atoms with van der Waals surface area (Å²) in [5.74, 6) is -4.61. The van der Waals surface area contributed by atoms with Crippen molar-refractivity contribution in [2.75, 3.05) is 0 Å². The molecular formula is C26H24O10. The molecule has 3 aromatic rings. The molecule has 0 aromatic heterocycles. The van der Waals surface area contributed by atoms with E-state index in [9.17, 15) is 34.8 Å². The summed E-state index contributed by atoms with van der Waals surface area (Å²) in [4.78, 5) is 35.7. The van der Waals surface area contributed by atoms with Crippen LogP contribution in [0.2, 0.25) is 0 Å². The first-order valence-electron chi connectivity index (χ1n) is 10.7. The molecule has 0 saturated carbocycles. The van der Waals surface area contributed by atoms with Crippen LogP contribution in [0.4, 0.5) is 0 Å². The number of carbonyl (C=O) groups is 3. The first-order valence-corrected chi connectivity index (χ1v) is 10.7. The van der Waals surface area contributed by atoms with Crippen molar-refractivity contribution in [2.45, 2.75) is 33.3 Å². The summed E-state index contributed by atoms with van der Waals surface area (Å²) in [7, 11) is 0. The summed E-state index contributed by atoms with van der Waals surface area (Å²) in [6, 6.07) is 10.8. The number of ether oxygens (including phenoxy) is 3. The Morgan fingerprint density at radius 1 is 0.694 bits per heavy atom. The second-order valence-electron chi connectivity index (χ2n) is 7.89. The number of aromatic hydroxyl groups is 4. The van der Waals surface area contributed by atoms with Crippen LogP contribution in [-0.4, -0.2) is 44.4 Å². The molecule has 36 heavy (non-hydrogen) atoms. The third-order valence-corrected chi connectivity index (χ3v) is 4.95. The average molecular weight is 496 g/mol. The maximum atomic E-state index is 12.7. The molecule has 0 spiro atoms. The lowest BCUT2D eigenvalue weighted by Crippen LogP contribution is -2.20. The highest BCUT2D eigenvalue weighted by Gasteiger charge is 2.30. The number of esters is 3. The minimum Gasteiger partial charge on any atom is -0.508 e. The summed E-state index contributed by atoms with van der Waals surface area (Å²) >= 11 is 0. The van der Waals surface area contributed by atoms with Gasteiger partial charge in [0.15, 0.2) is 23.0 Å². The van der Waals surface area contributed by atoms with E-state index >= 15 is 0 Å². The van der Waals surface area contributed by atoms with Crippen molar-refractivity contribution in [2.24, 2.45) is 0 Å². The lowest BCUT2D eigenvalue weighted by Gasteiger charge is -2.21. The molecule has 188 valence electrons. The van der Waals surface area contributed by atoms with Crippen LogP contribution in [0.3, 0.4) is 0 Å². The third-order valence-electron chi connectivity index (χ3n) is 4.95. The van der Waals surface area contributed by atoms with E-state index in [4.69, 9.17) is 14.2 Å². The molecule has 0 radical (unpaired) electrons. The van der Waals surface area contributed by atoms with Gasteiger partial charge in [0, 0.05) is 13.8 Å². The molecule has 0 fully saturated rings. The van der Waals surface area contributed by atoms with E-state index in [1.165, 1.54) is 62.4 Å². The Morgan fingerprint density at radius 3 is 1.50 bits per heavy atom. The quantitative estimate of drug-likeness (QED) is 0.214. The van der Waals surface area contributed by atoms with Gasteiger partial charge in [-0.15, -0.1) is 0 Å². The molecule has 0 amide bonds. The van der Waals surface area contributed by atoms with Crippen LogP contribution in [-0.2, 0) is 19.1 Å². The van der Waals surface area contributed by atoms with E-state index < -0.39 is 47.0 Å². The molecule has 0 saturated heterocycles. The molecule has 10 heteroatoms. The predicted octanol–water partition coefficient (Wildman–Crippen LogP) is 4.02. The molecular weight excluding hydrogens is 472 g/mol. The lowest BCUT2D eigenvalue weighted by molar-refractivity contribution is -0.149. The molecule has 3 aromatic carbocycles. The van der Waals surface area contributed by atoms with Crippen LogP contribution in [0, 0.1) is 0 Å². The molecule has 4 N–H and O–H groups in total. The fraction of sp³-hybridized carbons (Fsp3) is 0.192. The van der Waals surface area contributed by atoms with E-state index in [-0.39, 0.29) is 40.2 Å². The molecule has 0 aliphatic rings. The molecule has 0 bridgehead atoms. The minimum atomic E-state index is -0.893. The Labute approximate surface area is 205 Å². The van der Waals surface area contributed by atoms with Crippen LogP contribution >= 0.6 is 0 Å². The van der Waals surface area contributed by atoms with E-state index in [2.05, 4.69) is 0 Å². The highest BCUT2D eigenvalue weighted by atomic mass is 16.6. The monoisotopic (exact) mass is 496 g/mol. The highest BCUT2D eigenvalue weighted by molar-refractivity contribution is 5.95. The number of hydrogen-bond acceptors (Lipinski definition) is 10. The van der Waals surface area contributed by atoms with Gasteiger partial charge in [0.1, 0.15) is 17.6 Å². The summed E-state index contributed by atoms with van der Waals surface area (Å²) in [6.07, 6.45) is -1.20. The number of carbonyl (C=O) groups excluding carboxylic acids is 3. The second kappa shape index (κ2) is 10.7. The van der Waals surface area contributed by atoms with E-state index in [1.807, 2.05) is 0 Å². The smallest absolute Gasteiger partial charge is 0.315 e. The molecule has 1 unspecified atom stereocenters. The molecule has 10 nitrogen and oxygen atoms in total. The van der Waals surface area contributed by atoms with Crippen LogP contribution in [0.25, 0.3) is 22.3 Å². The largest absolute Gasteiger partial charge is 0.508 e. The first kappa shape index (κ1) is 25.9. The fourth-order valence-corrected chi connectivity index (χ4v) is 3.53. The summed E-state index contributed by atoms with van der Waals surface area (Å²) < 4.78 is 15.6. The second-order valence-corrected chi connectivity index (χ2v) is 7.89. The molecule has 1 atom stereocenters. The van der Waals surface area contributed by atoms with Crippen molar-refractivity contribution in [1.29, 1.82) is 0 Å². The van der Waals surface area contributed by atoms with Gasteiger partial charge in [-0.1, -0.05) is 24.3 Å². The molecule has 0 aliphatic carbocycles. The van der Waals surface area contributed by atoms with Gasteiger partial charge < -0.3 is 34.6 Å². The lowest BCUT2D eigenvalue weighted by atomic mass is 9.95. The maximum absolute atomic E-state index is 12.7. The Morgan fingerprint density at radius 2 is 1.11 bits per heavy atom. The number of phenolic OH excluding ortho intramolecular Hbond substituents is 4. The van der Waals surface area contributed by atoms with Gasteiger partial charge in [-0.05, 0) is 42.3 Å². The van der Waals surface area contributed by atoms with Gasteiger partial charge in [0.05, 0.1) is 17.5 Å². The molecule has 0 heterocycles. The van der Waals surface area contributed by atoms with Gasteiger partial charge in [-0.25, -0.2) is 0 Å². The van der Waals surface area contributed by atoms with E-state index in [0.29, 0.717) is 0 Å². The highest BCUT2D eigenvalue weighted by Crippen LogP contribution is 2.56. The van der Waals surface area contributed by atoms with Crippen LogP contribution in [0.5, 0.6) is 34.5 Å². The summed E-state index contributed by atoms with van der Waals surface area (Å²) in [5, 5.41) is 41.8. The van der Waals surface area contributed by atoms with Gasteiger partial charge in [0.25, 0.3) is 0 Å². The van der Waals surface area contributed by atoms with Crippen LogP contribution < -0.4 is 9.47 Å². The molecule has 0 aliphatic heterocycles. The number of hydrogen-bond donors (Lipinski definition) is 4. The van der Waals surface area contributed by atoms with Gasteiger partial charge in [-0.3, -0.25) is 14.4 Å². The fourth-order valence-electron chi connectivity index (χ4n) is 3.53. The normalized spacial score (nSPS) is 11.4. The van der Waals surface area contributed by atoms with Crippen molar-refractivity contribution < 1.29 is 49.0 Å². The average Bonchev–Trinajstić information content (AvgIpc) is 2.78. The van der Waals surface area contributed by atoms with Crippen molar-refractivity contribution in [3.8, 4) is 56.8 Å². The Balaban J connectivity index is 2.26. The van der Waals surface area contributed by atoms with E-state index in [1.54, 1.807) is 0 Å². The predicted molar refractivity (Wildman–Crippen MR) is 127 cm³/mol. The van der Waals surface area contributed by atoms with Gasteiger partial charge in [0.2, 0.25) is 0 Å². The van der Waals surface area contributed by atoms with Crippen molar-refractivity contribution >= 4 is 17.9 Å².